The second kappa shape index (κ2) is 11.7. The van der Waals surface area contributed by atoms with Crippen molar-refractivity contribution in [2.45, 2.75) is 110 Å². The molecule has 0 aromatic heterocycles. The maximum Gasteiger partial charge on any atom is 0.306 e. The van der Waals surface area contributed by atoms with Crippen LogP contribution in [0.2, 0.25) is 0 Å². The van der Waals surface area contributed by atoms with Crippen LogP contribution >= 0.6 is 0 Å². The van der Waals surface area contributed by atoms with Crippen LogP contribution in [0.5, 0.6) is 0 Å². The molecule has 24 heavy (non-hydrogen) atoms. The summed E-state index contributed by atoms with van der Waals surface area (Å²) in [6, 6.07) is 0. The smallest absolute Gasteiger partial charge is 0.306 e. The largest absolute Gasteiger partial charge is 0.462 e. The Kier molecular flexibility index (Phi) is 10.3. The highest BCUT2D eigenvalue weighted by atomic mass is 16.5. The molecule has 0 spiro atoms. The van der Waals surface area contributed by atoms with E-state index in [1.807, 2.05) is 13.0 Å². The van der Waals surface area contributed by atoms with Crippen molar-refractivity contribution in [3.63, 3.8) is 0 Å². The van der Waals surface area contributed by atoms with Gasteiger partial charge in [-0.3, -0.25) is 4.79 Å². The first-order chi connectivity index (χ1) is 11.5. The molecule has 0 saturated heterocycles. The fourth-order valence-electron chi connectivity index (χ4n) is 3.36. The highest BCUT2D eigenvalue weighted by Crippen LogP contribution is 2.30. The lowest BCUT2D eigenvalue weighted by Crippen LogP contribution is -2.20. The van der Waals surface area contributed by atoms with Gasteiger partial charge in [-0.2, -0.15) is 0 Å². The minimum absolute atomic E-state index is 0.0349. The normalized spacial score (nSPS) is 23.5. The Bertz CT molecular complexity index is 373. The molecule has 1 fully saturated rings. The van der Waals surface area contributed by atoms with E-state index >= 15 is 0 Å². The van der Waals surface area contributed by atoms with Gasteiger partial charge in [-0.25, -0.2) is 0 Å². The molecule has 1 rings (SSSR count). The van der Waals surface area contributed by atoms with Crippen molar-refractivity contribution in [2.24, 2.45) is 5.92 Å². The fraction of sp³-hybridized carbons (Fsp3) is 0.857. The summed E-state index contributed by atoms with van der Waals surface area (Å²) in [7, 11) is 0. The van der Waals surface area contributed by atoms with Crippen LogP contribution in [0, 0.1) is 5.92 Å². The zero-order valence-electron chi connectivity index (χ0n) is 16.1. The van der Waals surface area contributed by atoms with Crippen LogP contribution in [0.15, 0.2) is 12.2 Å². The third kappa shape index (κ3) is 9.46. The molecule has 3 atom stereocenters. The molecule has 0 radical (unpaired) electrons. The zero-order valence-corrected chi connectivity index (χ0v) is 16.1. The Morgan fingerprint density at radius 3 is 2.54 bits per heavy atom. The van der Waals surface area contributed by atoms with Gasteiger partial charge in [0.2, 0.25) is 0 Å². The van der Waals surface area contributed by atoms with E-state index < -0.39 is 5.60 Å². The minimum Gasteiger partial charge on any atom is -0.462 e. The third-order valence-electron chi connectivity index (χ3n) is 4.97. The predicted molar refractivity (Wildman–Crippen MR) is 99.9 cm³/mol. The summed E-state index contributed by atoms with van der Waals surface area (Å²) in [5, 5.41) is 10.4. The molecule has 1 aliphatic rings. The molecular weight excluding hydrogens is 300 g/mol. The Morgan fingerprint density at radius 2 is 1.83 bits per heavy atom. The van der Waals surface area contributed by atoms with Crippen LogP contribution in [0.25, 0.3) is 0 Å². The quantitative estimate of drug-likeness (QED) is 0.288. The van der Waals surface area contributed by atoms with Gasteiger partial charge in [-0.1, -0.05) is 64.5 Å². The standard InChI is InChI=1S/C21H38O3/c1-4-6-8-9-11-20(22)24-19-13-12-18(17-19)14-16-21(3,23)15-10-7-5-2/h14,16,18-19,23H,4-13,15,17H2,1-3H3/t18?,19?,21-/m0/s1. The predicted octanol–water partition coefficient (Wildman–Crippen LogP) is 5.56. The molecule has 0 aliphatic heterocycles. The number of allylic oxidation sites excluding steroid dienone is 1. The summed E-state index contributed by atoms with van der Waals surface area (Å²) in [6.45, 7) is 6.24. The van der Waals surface area contributed by atoms with Crippen molar-refractivity contribution in [2.75, 3.05) is 0 Å². The first kappa shape index (κ1) is 21.2. The molecule has 1 aliphatic carbocycles. The fourth-order valence-corrected chi connectivity index (χ4v) is 3.36. The molecule has 0 aromatic carbocycles. The van der Waals surface area contributed by atoms with E-state index in [0.717, 1.165) is 44.9 Å². The molecule has 140 valence electrons. The van der Waals surface area contributed by atoms with E-state index in [1.165, 1.54) is 25.7 Å². The molecule has 0 bridgehead atoms. The van der Waals surface area contributed by atoms with Crippen molar-refractivity contribution in [1.82, 2.24) is 0 Å². The first-order valence-corrected chi connectivity index (χ1v) is 10.1. The average molecular weight is 339 g/mol. The summed E-state index contributed by atoms with van der Waals surface area (Å²) >= 11 is 0. The van der Waals surface area contributed by atoms with Gasteiger partial charge in [0.25, 0.3) is 0 Å². The summed E-state index contributed by atoms with van der Waals surface area (Å²) in [4.78, 5) is 11.9. The molecule has 2 unspecified atom stereocenters. The number of carbonyl (C=O) groups excluding carboxylic acids is 1. The molecule has 3 nitrogen and oxygen atoms in total. The molecule has 1 N–H and O–H groups in total. The maximum absolute atomic E-state index is 11.9. The van der Waals surface area contributed by atoms with Gasteiger partial charge < -0.3 is 9.84 Å². The van der Waals surface area contributed by atoms with Gasteiger partial charge in [0.15, 0.2) is 0 Å². The topological polar surface area (TPSA) is 46.5 Å². The van der Waals surface area contributed by atoms with Crippen LogP contribution < -0.4 is 0 Å². The lowest BCUT2D eigenvalue weighted by atomic mass is 9.95. The number of carbonyl (C=O) groups is 1. The highest BCUT2D eigenvalue weighted by Gasteiger charge is 2.26. The Hall–Kier alpha value is -0.830. The second-order valence-corrected chi connectivity index (χ2v) is 7.67. The number of unbranched alkanes of at least 4 members (excludes halogenated alkanes) is 5. The van der Waals surface area contributed by atoms with Gasteiger partial charge in [-0.15, -0.1) is 0 Å². The van der Waals surface area contributed by atoms with Crippen molar-refractivity contribution < 1.29 is 14.6 Å². The lowest BCUT2D eigenvalue weighted by molar-refractivity contribution is -0.148. The Labute approximate surface area is 148 Å². The second-order valence-electron chi connectivity index (χ2n) is 7.67. The monoisotopic (exact) mass is 338 g/mol. The highest BCUT2D eigenvalue weighted by molar-refractivity contribution is 5.69. The SMILES string of the molecule is CCCCCCC(=O)OC1CCC(C=C[C@@](C)(O)CCCCC)C1. The van der Waals surface area contributed by atoms with Crippen molar-refractivity contribution in [1.29, 1.82) is 0 Å². The Balaban J connectivity index is 2.25. The zero-order chi connectivity index (χ0) is 17.8. The van der Waals surface area contributed by atoms with E-state index in [2.05, 4.69) is 19.9 Å². The number of esters is 1. The van der Waals surface area contributed by atoms with Crippen LogP contribution in [-0.2, 0) is 9.53 Å². The molecule has 0 heterocycles. The maximum atomic E-state index is 11.9. The molecule has 0 amide bonds. The van der Waals surface area contributed by atoms with Gasteiger partial charge in [-0.05, 0) is 44.9 Å². The van der Waals surface area contributed by atoms with Crippen molar-refractivity contribution in [3.8, 4) is 0 Å². The summed E-state index contributed by atoms with van der Waals surface area (Å²) in [6.07, 6.45) is 16.3. The van der Waals surface area contributed by atoms with Crippen LogP contribution in [0.1, 0.15) is 97.8 Å². The van der Waals surface area contributed by atoms with Gasteiger partial charge in [0, 0.05) is 6.42 Å². The van der Waals surface area contributed by atoms with E-state index in [0.29, 0.717) is 12.3 Å². The number of ether oxygens (including phenoxy) is 1. The summed E-state index contributed by atoms with van der Waals surface area (Å²) < 4.78 is 5.60. The average Bonchev–Trinajstić information content (AvgIpc) is 2.97. The molecule has 3 heteroatoms. The summed E-state index contributed by atoms with van der Waals surface area (Å²) in [5.41, 5.74) is -0.705. The summed E-state index contributed by atoms with van der Waals surface area (Å²) in [5.74, 6) is 0.396. The number of hydrogen-bond acceptors (Lipinski definition) is 3. The lowest BCUT2D eigenvalue weighted by Gasteiger charge is -2.19. The van der Waals surface area contributed by atoms with E-state index in [-0.39, 0.29) is 12.1 Å². The third-order valence-corrected chi connectivity index (χ3v) is 4.97. The van der Waals surface area contributed by atoms with Crippen molar-refractivity contribution >= 4 is 5.97 Å². The van der Waals surface area contributed by atoms with Crippen molar-refractivity contribution in [3.05, 3.63) is 12.2 Å². The van der Waals surface area contributed by atoms with Crippen LogP contribution in [0.4, 0.5) is 0 Å². The van der Waals surface area contributed by atoms with Crippen LogP contribution in [-0.4, -0.2) is 22.8 Å². The van der Waals surface area contributed by atoms with Gasteiger partial charge >= 0.3 is 5.97 Å². The Morgan fingerprint density at radius 1 is 1.12 bits per heavy atom. The number of rotatable bonds is 12. The van der Waals surface area contributed by atoms with E-state index in [4.69, 9.17) is 4.74 Å². The van der Waals surface area contributed by atoms with Crippen LogP contribution in [0.3, 0.4) is 0 Å². The van der Waals surface area contributed by atoms with Gasteiger partial charge in [0.1, 0.15) is 6.10 Å². The van der Waals surface area contributed by atoms with E-state index in [9.17, 15) is 9.90 Å². The minimum atomic E-state index is -0.705. The molecule has 1 saturated carbocycles. The number of aliphatic hydroxyl groups is 1. The number of hydrogen-bond donors (Lipinski definition) is 1. The molecular formula is C21H38O3. The first-order valence-electron chi connectivity index (χ1n) is 10.1. The molecule has 0 aromatic rings. The van der Waals surface area contributed by atoms with Gasteiger partial charge in [0.05, 0.1) is 5.60 Å². The van der Waals surface area contributed by atoms with E-state index in [1.54, 1.807) is 0 Å².